The van der Waals surface area contributed by atoms with Gasteiger partial charge in [0.2, 0.25) is 25.0 Å². The molecule has 8 nitrogen and oxygen atoms in total. The Balaban J connectivity index is 1.68. The van der Waals surface area contributed by atoms with Crippen molar-refractivity contribution in [3.63, 3.8) is 0 Å². The van der Waals surface area contributed by atoms with Crippen LogP contribution in [0.4, 0.5) is 0 Å². The Morgan fingerprint density at radius 3 is 1.68 bits per heavy atom. The molecule has 2 heterocycles. The summed E-state index contributed by atoms with van der Waals surface area (Å²) in [5.74, 6) is 3.33. The van der Waals surface area contributed by atoms with E-state index in [9.17, 15) is 10.2 Å². The van der Waals surface area contributed by atoms with Crippen LogP contribution in [-0.2, 0) is 4.43 Å². The van der Waals surface area contributed by atoms with Gasteiger partial charge in [-0.3, -0.25) is 4.90 Å². The molecule has 1 saturated heterocycles. The summed E-state index contributed by atoms with van der Waals surface area (Å²) in [6.07, 6.45) is 4.63. The highest BCUT2D eigenvalue weighted by Crippen LogP contribution is 2.48. The number of aliphatic hydroxyl groups excluding tert-OH is 1. The Morgan fingerprint density at radius 1 is 0.650 bits per heavy atom. The number of fused-ring (bicyclic) bond motifs is 1. The smallest absolute Gasteiger partial charge is 0.250 e. The van der Waals surface area contributed by atoms with Crippen LogP contribution in [0.25, 0.3) is 11.1 Å². The third-order valence-electron chi connectivity index (χ3n) is 13.6. The molecule has 2 N–H and O–H groups in total. The van der Waals surface area contributed by atoms with Gasteiger partial charge in [0.15, 0.2) is 0 Å². The first kappa shape index (κ1) is 47.6. The van der Waals surface area contributed by atoms with Crippen LogP contribution in [0, 0.1) is 0 Å². The molecule has 60 heavy (non-hydrogen) atoms. The highest BCUT2D eigenvalue weighted by molar-refractivity contribution is 6.75. The minimum Gasteiger partial charge on any atom is -0.544 e. The average molecular weight is 874 g/mol. The summed E-state index contributed by atoms with van der Waals surface area (Å²) in [5.41, 5.74) is 3.14. The number of hydrogen-bond acceptors (Lipinski definition) is 8. The van der Waals surface area contributed by atoms with Crippen molar-refractivity contribution in [3.05, 3.63) is 89.2 Å². The number of rotatable bonds is 13. The zero-order chi connectivity index (χ0) is 44.5. The van der Waals surface area contributed by atoms with Gasteiger partial charge in [-0.25, -0.2) is 0 Å². The van der Waals surface area contributed by atoms with Crippen molar-refractivity contribution in [1.29, 1.82) is 0 Å². The predicted octanol–water partition coefficient (Wildman–Crippen LogP) is 13.0. The first-order valence-corrected chi connectivity index (χ1v) is 30.7. The number of benzene rings is 3. The standard InChI is InChI=1S/C49H75NO7Si3/c1-47(2,3)58(10,11)55-37-23-25-40(43(51)32-37)42-31-39(57-60(14,15)49(7,8)9)34-54-44-33-38(56-59(12,13)48(4,5)6)24-26-41(44)45(42)46(52)35-19-21-36(22-20-35)53-30-29-50-27-17-16-18-28-50/h19-26,31-33,46,51-52H,16-18,27-30,34H2,1-15H3/b39-31+,45-42-. The lowest BCUT2D eigenvalue weighted by Crippen LogP contribution is -2.43. The second-order valence-corrected chi connectivity index (χ2v) is 35.5. The van der Waals surface area contributed by atoms with Crippen molar-refractivity contribution < 1.29 is 33.0 Å². The van der Waals surface area contributed by atoms with E-state index in [1.807, 2.05) is 60.7 Å². The molecule has 3 aromatic carbocycles. The highest BCUT2D eigenvalue weighted by atomic mass is 28.4. The molecule has 0 spiro atoms. The summed E-state index contributed by atoms with van der Waals surface area (Å²) in [4.78, 5) is 2.46. The van der Waals surface area contributed by atoms with E-state index in [-0.39, 0.29) is 27.5 Å². The number of nitrogens with zero attached hydrogens (tertiary/aromatic N) is 1. The Hall–Kier alpha value is -3.49. The molecule has 1 unspecified atom stereocenters. The molecule has 2 aliphatic rings. The van der Waals surface area contributed by atoms with E-state index in [0.29, 0.717) is 57.5 Å². The van der Waals surface area contributed by atoms with Crippen LogP contribution >= 0.6 is 0 Å². The molecule has 1 fully saturated rings. The van der Waals surface area contributed by atoms with E-state index < -0.39 is 31.1 Å². The third kappa shape index (κ3) is 11.3. The predicted molar refractivity (Wildman–Crippen MR) is 256 cm³/mol. The Morgan fingerprint density at radius 2 is 1.15 bits per heavy atom. The lowest BCUT2D eigenvalue weighted by atomic mass is 9.86. The third-order valence-corrected chi connectivity index (χ3v) is 26.7. The maximum Gasteiger partial charge on any atom is 0.250 e. The van der Waals surface area contributed by atoms with Gasteiger partial charge < -0.3 is 33.0 Å². The van der Waals surface area contributed by atoms with Crippen molar-refractivity contribution in [2.75, 3.05) is 32.8 Å². The van der Waals surface area contributed by atoms with Gasteiger partial charge in [-0.15, -0.1) is 0 Å². The zero-order valence-electron chi connectivity index (χ0n) is 39.5. The molecule has 5 rings (SSSR count). The monoisotopic (exact) mass is 873 g/mol. The van der Waals surface area contributed by atoms with Crippen LogP contribution in [0.3, 0.4) is 0 Å². The molecule has 0 amide bonds. The zero-order valence-corrected chi connectivity index (χ0v) is 42.5. The Bertz CT molecular complexity index is 2010. The number of ether oxygens (including phenoxy) is 2. The van der Waals surface area contributed by atoms with E-state index in [1.54, 1.807) is 6.07 Å². The van der Waals surface area contributed by atoms with E-state index in [0.717, 1.165) is 25.4 Å². The molecule has 2 aliphatic heterocycles. The van der Waals surface area contributed by atoms with Gasteiger partial charge in [0.1, 0.15) is 53.8 Å². The molecule has 0 saturated carbocycles. The fraction of sp³-hybridized carbons (Fsp3) is 0.551. The van der Waals surface area contributed by atoms with Crippen LogP contribution < -0.4 is 18.3 Å². The molecule has 11 heteroatoms. The van der Waals surface area contributed by atoms with Crippen LogP contribution in [0.5, 0.6) is 28.7 Å². The van der Waals surface area contributed by atoms with Crippen molar-refractivity contribution in [1.82, 2.24) is 4.90 Å². The second-order valence-electron chi connectivity index (χ2n) is 21.4. The van der Waals surface area contributed by atoms with Crippen molar-refractivity contribution >= 4 is 36.1 Å². The van der Waals surface area contributed by atoms with E-state index >= 15 is 0 Å². The normalized spacial score (nSPS) is 18.9. The topological polar surface area (TPSA) is 89.9 Å². The molecule has 0 aromatic heterocycles. The van der Waals surface area contributed by atoms with Crippen molar-refractivity contribution in [2.45, 2.75) is 142 Å². The number of piperidine rings is 1. The summed E-state index contributed by atoms with van der Waals surface area (Å²) < 4.78 is 33.4. The minimum atomic E-state index is -2.37. The quantitative estimate of drug-likeness (QED) is 0.164. The Labute approximate surface area is 365 Å². The van der Waals surface area contributed by atoms with E-state index in [2.05, 4.69) is 106 Å². The maximum atomic E-state index is 12.7. The lowest BCUT2D eigenvalue weighted by Gasteiger charge is -2.38. The van der Waals surface area contributed by atoms with Crippen molar-refractivity contribution in [3.8, 4) is 28.7 Å². The number of hydrogen-bond donors (Lipinski definition) is 2. The van der Waals surface area contributed by atoms with Crippen LogP contribution in [0.15, 0.2) is 72.5 Å². The summed E-state index contributed by atoms with van der Waals surface area (Å²) >= 11 is 0. The molecule has 0 aliphatic carbocycles. The van der Waals surface area contributed by atoms with Crippen LogP contribution in [-0.4, -0.2) is 72.9 Å². The molecule has 0 radical (unpaired) electrons. The van der Waals surface area contributed by atoms with Crippen LogP contribution in [0.1, 0.15) is 104 Å². The molecular weight excluding hydrogens is 799 g/mol. The van der Waals surface area contributed by atoms with Gasteiger partial charge in [-0.1, -0.05) is 80.9 Å². The molecular formula is C49H75NO7Si3. The van der Waals surface area contributed by atoms with Gasteiger partial charge in [-0.2, -0.15) is 0 Å². The molecule has 3 aromatic rings. The maximum absolute atomic E-state index is 12.7. The average Bonchev–Trinajstić information content (AvgIpc) is 3.12. The van der Waals surface area contributed by atoms with Crippen LogP contribution in [0.2, 0.25) is 54.4 Å². The summed E-state index contributed by atoms with van der Waals surface area (Å²) in [5, 5.41) is 24.6. The fourth-order valence-electron chi connectivity index (χ4n) is 6.63. The first-order chi connectivity index (χ1) is 27.7. The minimum absolute atomic E-state index is 0.0130. The molecule has 330 valence electrons. The lowest BCUT2D eigenvalue weighted by molar-refractivity contribution is 0.183. The molecule has 1 atom stereocenters. The van der Waals surface area contributed by atoms with E-state index in [1.165, 1.54) is 19.3 Å². The first-order valence-electron chi connectivity index (χ1n) is 21.9. The van der Waals surface area contributed by atoms with Gasteiger partial charge in [0, 0.05) is 35.4 Å². The Kier molecular flexibility index (Phi) is 14.3. The SMILES string of the molecule is CC(C)(C)[Si](C)(C)O/C1=C/C(c2ccc(O[Si](C)(C)C(C)(C)C)cc2O)=C(/C(O)c2ccc(OCCN3CCCCC3)cc2)c2ccc(O[Si](C)(C)C(C)(C)C)cc2OC1. The van der Waals surface area contributed by atoms with Gasteiger partial charge >= 0.3 is 0 Å². The van der Waals surface area contributed by atoms with Crippen molar-refractivity contribution in [2.24, 2.45) is 0 Å². The fourth-order valence-corrected chi connectivity index (χ4v) is 9.75. The number of aromatic hydroxyl groups is 1. The number of phenolic OH excluding ortho intramolecular Hbond substituents is 1. The number of phenols is 1. The summed E-state index contributed by atoms with van der Waals surface area (Å²) in [6, 6.07) is 19.1. The summed E-state index contributed by atoms with van der Waals surface area (Å²) in [7, 11) is -6.79. The van der Waals surface area contributed by atoms with E-state index in [4.69, 9.17) is 22.8 Å². The number of allylic oxidation sites excluding steroid dienone is 2. The summed E-state index contributed by atoms with van der Waals surface area (Å²) in [6.45, 7) is 37.1. The largest absolute Gasteiger partial charge is 0.544 e. The van der Waals surface area contributed by atoms with Gasteiger partial charge in [-0.05, 0) is 134 Å². The number of likely N-dealkylation sites (tertiary alicyclic amines) is 1. The van der Waals surface area contributed by atoms with Gasteiger partial charge in [0.25, 0.3) is 0 Å². The highest BCUT2D eigenvalue weighted by Gasteiger charge is 2.42. The van der Waals surface area contributed by atoms with Gasteiger partial charge in [0.05, 0.1) is 0 Å². The number of aliphatic hydroxyl groups is 1. The second kappa shape index (κ2) is 18.1. The molecule has 0 bridgehead atoms.